The van der Waals surface area contributed by atoms with Gasteiger partial charge < -0.3 is 19.0 Å². The third-order valence-electron chi connectivity index (χ3n) is 7.73. The smallest absolute Gasteiger partial charge is 0.308 e. The van der Waals surface area contributed by atoms with Crippen molar-refractivity contribution in [3.8, 4) is 17.2 Å². The number of carbonyl (C=O) groups is 3. The number of amides is 2. The van der Waals surface area contributed by atoms with Crippen molar-refractivity contribution in [2.75, 3.05) is 19.1 Å². The van der Waals surface area contributed by atoms with E-state index in [2.05, 4.69) is 5.16 Å². The molecular formula is C26H24N2O7. The summed E-state index contributed by atoms with van der Waals surface area (Å²) in [4.78, 5) is 45.4. The number of imide groups is 1. The first kappa shape index (κ1) is 21.6. The van der Waals surface area contributed by atoms with Crippen LogP contribution < -0.4 is 19.1 Å². The molecule has 4 aliphatic rings. The van der Waals surface area contributed by atoms with Crippen LogP contribution >= 0.6 is 0 Å². The van der Waals surface area contributed by atoms with Crippen LogP contribution in [0.1, 0.15) is 18.9 Å². The number of rotatable bonds is 5. The number of ether oxygens (including phenoxy) is 3. The second-order valence-corrected chi connectivity index (χ2v) is 9.36. The predicted molar refractivity (Wildman–Crippen MR) is 123 cm³/mol. The molecule has 6 atom stereocenters. The Hall–Kier alpha value is -3.88. The molecule has 2 bridgehead atoms. The molecule has 2 aromatic carbocycles. The fourth-order valence-corrected chi connectivity index (χ4v) is 6.44. The Morgan fingerprint density at radius 3 is 2.29 bits per heavy atom. The van der Waals surface area contributed by atoms with Gasteiger partial charge in [0.1, 0.15) is 11.9 Å². The number of fused-ring (bicyclic) bond motifs is 8. The first-order valence-electron chi connectivity index (χ1n) is 11.5. The molecule has 9 heteroatoms. The summed E-state index contributed by atoms with van der Waals surface area (Å²) >= 11 is 0. The average molecular weight is 476 g/mol. The van der Waals surface area contributed by atoms with Crippen molar-refractivity contribution in [3.63, 3.8) is 0 Å². The van der Waals surface area contributed by atoms with E-state index in [1.165, 1.54) is 11.8 Å². The summed E-state index contributed by atoms with van der Waals surface area (Å²) in [7, 11) is 3.16. The molecule has 35 heavy (non-hydrogen) atoms. The average Bonchev–Trinajstić information content (AvgIpc) is 3.59. The highest BCUT2D eigenvalue weighted by molar-refractivity contribution is 6.23. The number of benzene rings is 2. The monoisotopic (exact) mass is 476 g/mol. The fourth-order valence-electron chi connectivity index (χ4n) is 6.44. The molecule has 2 heterocycles. The zero-order valence-corrected chi connectivity index (χ0v) is 19.5. The Bertz CT molecular complexity index is 1270. The van der Waals surface area contributed by atoms with Gasteiger partial charge in [0.25, 0.3) is 0 Å². The van der Waals surface area contributed by atoms with Crippen LogP contribution in [0.3, 0.4) is 0 Å². The van der Waals surface area contributed by atoms with Gasteiger partial charge in [0.2, 0.25) is 11.8 Å². The molecule has 2 aromatic rings. The van der Waals surface area contributed by atoms with E-state index in [1.54, 1.807) is 38.5 Å². The van der Waals surface area contributed by atoms with Crippen molar-refractivity contribution < 1.29 is 33.4 Å². The SMILES string of the molecule is COc1ccc(C2=NO[C@@H]3[C@H]4C[C@@H]([C@H]23)[C@@H]2C(=O)N(c3ccc(OC(C)=O)cc3)C(=O)[C@H]42)cc1OC. The second kappa shape index (κ2) is 7.83. The fraction of sp³-hybridized carbons (Fsp3) is 0.385. The molecule has 9 nitrogen and oxygen atoms in total. The van der Waals surface area contributed by atoms with Gasteiger partial charge in [-0.05, 0) is 54.8 Å². The number of hydrogen-bond acceptors (Lipinski definition) is 8. The second-order valence-electron chi connectivity index (χ2n) is 9.36. The van der Waals surface area contributed by atoms with Gasteiger partial charge in [-0.25, -0.2) is 0 Å². The highest BCUT2D eigenvalue weighted by Crippen LogP contribution is 2.62. The molecule has 0 spiro atoms. The lowest BCUT2D eigenvalue weighted by molar-refractivity contribution is -0.132. The summed E-state index contributed by atoms with van der Waals surface area (Å²) in [6.07, 6.45) is 0.528. The zero-order chi connectivity index (χ0) is 24.4. The minimum atomic E-state index is -0.435. The van der Waals surface area contributed by atoms with Crippen LogP contribution in [0.15, 0.2) is 47.6 Å². The predicted octanol–water partition coefficient (Wildman–Crippen LogP) is 2.80. The third-order valence-corrected chi connectivity index (χ3v) is 7.73. The van der Waals surface area contributed by atoms with Crippen LogP contribution in [0.5, 0.6) is 17.2 Å². The van der Waals surface area contributed by atoms with E-state index in [-0.39, 0.29) is 35.7 Å². The molecule has 0 N–H and O–H groups in total. The number of anilines is 1. The van der Waals surface area contributed by atoms with E-state index >= 15 is 0 Å². The standard InChI is InChI=1S/C26H24N2O7/c1-12(29)34-15-7-5-14(6-8-15)28-25(30)20-16-11-17(21(20)26(28)31)24-22(16)23(27-35-24)13-4-9-18(32-2)19(10-13)33-3/h4-10,16-17,20-22,24H,11H2,1-3H3/t16-,17+,20+,21-,22-,24-/m1/s1. The van der Waals surface area contributed by atoms with Gasteiger partial charge in [-0.1, -0.05) is 5.16 Å². The first-order chi connectivity index (χ1) is 16.9. The number of carbonyl (C=O) groups excluding carboxylic acids is 3. The Morgan fingerprint density at radius 2 is 1.63 bits per heavy atom. The summed E-state index contributed by atoms with van der Waals surface area (Å²) in [5.41, 5.74) is 2.12. The summed E-state index contributed by atoms with van der Waals surface area (Å²) < 4.78 is 15.9. The Kier molecular flexibility index (Phi) is 4.84. The molecule has 1 saturated heterocycles. The Morgan fingerprint density at radius 1 is 0.943 bits per heavy atom. The van der Waals surface area contributed by atoms with Crippen LogP contribution in [-0.4, -0.2) is 43.8 Å². The number of hydrogen-bond donors (Lipinski definition) is 0. The maximum atomic E-state index is 13.6. The van der Waals surface area contributed by atoms with Gasteiger partial charge in [-0.3, -0.25) is 19.3 Å². The molecule has 2 saturated carbocycles. The quantitative estimate of drug-likeness (QED) is 0.371. The van der Waals surface area contributed by atoms with E-state index in [0.29, 0.717) is 22.9 Å². The molecule has 180 valence electrons. The van der Waals surface area contributed by atoms with Crippen LogP contribution in [-0.2, 0) is 19.2 Å². The maximum absolute atomic E-state index is 13.6. The number of esters is 1. The molecule has 6 rings (SSSR count). The molecule has 2 aliphatic heterocycles. The summed E-state index contributed by atoms with van der Waals surface area (Å²) in [5.74, 6) is -0.253. The van der Waals surface area contributed by atoms with Crippen molar-refractivity contribution in [1.82, 2.24) is 0 Å². The number of methoxy groups -OCH3 is 2. The third kappa shape index (κ3) is 3.07. The van der Waals surface area contributed by atoms with Crippen molar-refractivity contribution >= 4 is 29.2 Å². The van der Waals surface area contributed by atoms with Gasteiger partial charge in [0.15, 0.2) is 11.5 Å². The minimum absolute atomic E-state index is 0.0360. The van der Waals surface area contributed by atoms with Gasteiger partial charge in [-0.15, -0.1) is 0 Å². The lowest BCUT2D eigenvalue weighted by atomic mass is 9.71. The van der Waals surface area contributed by atoms with Gasteiger partial charge >= 0.3 is 5.97 Å². The van der Waals surface area contributed by atoms with Crippen LogP contribution in [0.25, 0.3) is 0 Å². The van der Waals surface area contributed by atoms with Crippen LogP contribution in [0, 0.1) is 29.6 Å². The lowest BCUT2D eigenvalue weighted by Crippen LogP contribution is -2.41. The largest absolute Gasteiger partial charge is 0.493 e. The molecular weight excluding hydrogens is 452 g/mol. The molecule has 0 radical (unpaired) electrons. The van der Waals surface area contributed by atoms with Gasteiger partial charge in [-0.2, -0.15) is 0 Å². The van der Waals surface area contributed by atoms with E-state index in [1.807, 2.05) is 18.2 Å². The highest BCUT2D eigenvalue weighted by Gasteiger charge is 2.70. The Balaban J connectivity index is 1.28. The number of oxime groups is 1. The van der Waals surface area contributed by atoms with Gasteiger partial charge in [0.05, 0.1) is 37.5 Å². The van der Waals surface area contributed by atoms with Crippen molar-refractivity contribution in [2.45, 2.75) is 19.4 Å². The lowest BCUT2D eigenvalue weighted by Gasteiger charge is -2.29. The molecule has 2 amide bonds. The van der Waals surface area contributed by atoms with Crippen LogP contribution in [0.2, 0.25) is 0 Å². The molecule has 2 aliphatic carbocycles. The zero-order valence-electron chi connectivity index (χ0n) is 19.5. The maximum Gasteiger partial charge on any atom is 0.308 e. The van der Waals surface area contributed by atoms with Crippen molar-refractivity contribution in [2.24, 2.45) is 34.7 Å². The summed E-state index contributed by atoms with van der Waals surface area (Å²) in [5, 5.41) is 4.39. The van der Waals surface area contributed by atoms with E-state index in [0.717, 1.165) is 17.7 Å². The van der Waals surface area contributed by atoms with E-state index < -0.39 is 17.8 Å². The number of nitrogens with zero attached hydrogens (tertiary/aromatic N) is 2. The molecule has 0 aromatic heterocycles. The summed E-state index contributed by atoms with van der Waals surface area (Å²) in [6, 6.07) is 12.0. The van der Waals surface area contributed by atoms with Gasteiger partial charge in [0, 0.05) is 24.3 Å². The van der Waals surface area contributed by atoms with Crippen molar-refractivity contribution in [3.05, 3.63) is 48.0 Å². The minimum Gasteiger partial charge on any atom is -0.493 e. The Labute approximate surface area is 201 Å². The van der Waals surface area contributed by atoms with Crippen LogP contribution in [0.4, 0.5) is 5.69 Å². The van der Waals surface area contributed by atoms with E-state index in [9.17, 15) is 14.4 Å². The topological polar surface area (TPSA) is 104 Å². The highest BCUT2D eigenvalue weighted by atomic mass is 16.6. The normalized spacial score (nSPS) is 30.0. The summed E-state index contributed by atoms with van der Waals surface area (Å²) in [6.45, 7) is 1.32. The molecule has 0 unspecified atom stereocenters. The van der Waals surface area contributed by atoms with E-state index in [4.69, 9.17) is 19.0 Å². The molecule has 3 fully saturated rings. The van der Waals surface area contributed by atoms with Crippen molar-refractivity contribution in [1.29, 1.82) is 0 Å². The first-order valence-corrected chi connectivity index (χ1v) is 11.5.